The zero-order valence-electron chi connectivity index (χ0n) is 17.7. The SMILES string of the molecule is COc1c(=O)c(C(=O)CCc2c(F)cc(F)cc2F)cn2ccn([C@H]3CC[C@@H](O)C3)c(=O)c12. The first-order valence-corrected chi connectivity index (χ1v) is 10.4. The Labute approximate surface area is 185 Å². The fourth-order valence-electron chi connectivity index (χ4n) is 4.31. The summed E-state index contributed by atoms with van der Waals surface area (Å²) in [5.74, 6) is -4.34. The molecule has 1 aliphatic carbocycles. The van der Waals surface area contributed by atoms with E-state index in [-0.39, 0.29) is 29.3 Å². The van der Waals surface area contributed by atoms with Crippen LogP contribution < -0.4 is 15.7 Å². The molecule has 3 aromatic rings. The van der Waals surface area contributed by atoms with Crippen LogP contribution in [-0.2, 0) is 6.42 Å². The lowest BCUT2D eigenvalue weighted by Crippen LogP contribution is -2.29. The van der Waals surface area contributed by atoms with Crippen LogP contribution in [0.15, 0.2) is 40.3 Å². The number of aliphatic hydroxyl groups excluding tert-OH is 1. The van der Waals surface area contributed by atoms with Crippen LogP contribution in [0.5, 0.6) is 5.75 Å². The molecule has 0 radical (unpaired) electrons. The molecule has 1 aromatic carbocycles. The molecule has 1 aliphatic rings. The second kappa shape index (κ2) is 8.86. The Morgan fingerprint density at radius 3 is 2.45 bits per heavy atom. The van der Waals surface area contributed by atoms with Crippen LogP contribution in [0.25, 0.3) is 5.52 Å². The van der Waals surface area contributed by atoms with Crippen molar-refractivity contribution < 1.29 is 27.8 Å². The van der Waals surface area contributed by atoms with Gasteiger partial charge in [-0.05, 0) is 25.7 Å². The standard InChI is InChI=1S/C23H21F3N2O5/c1-33-22-20-23(32)28(13-2-3-14(29)10-13)7-6-27(20)11-16(21(22)31)19(30)5-4-15-17(25)8-12(24)9-18(15)26/h6-9,11,13-14,29H,2-5,10H2,1H3/t13-,14+/m0/s1. The Balaban J connectivity index is 1.70. The number of pyridine rings is 1. The topological polar surface area (TPSA) is 90.0 Å². The van der Waals surface area contributed by atoms with Gasteiger partial charge in [0.05, 0.1) is 18.8 Å². The third-order valence-corrected chi connectivity index (χ3v) is 6.00. The third-order valence-electron chi connectivity index (χ3n) is 6.00. The average molecular weight is 462 g/mol. The van der Waals surface area contributed by atoms with Crippen LogP contribution in [0.2, 0.25) is 0 Å². The molecular formula is C23H21F3N2O5. The van der Waals surface area contributed by atoms with Gasteiger partial charge in [-0.25, -0.2) is 13.2 Å². The zero-order valence-corrected chi connectivity index (χ0v) is 17.7. The highest BCUT2D eigenvalue weighted by atomic mass is 19.1. The van der Waals surface area contributed by atoms with Gasteiger partial charge in [0.1, 0.15) is 17.5 Å². The largest absolute Gasteiger partial charge is 0.491 e. The van der Waals surface area contributed by atoms with E-state index >= 15 is 0 Å². The van der Waals surface area contributed by atoms with Crippen molar-refractivity contribution in [3.05, 3.63) is 79.9 Å². The van der Waals surface area contributed by atoms with Gasteiger partial charge >= 0.3 is 0 Å². The number of Topliss-reactive ketones (excluding diaryl/α,β-unsaturated/α-hetero) is 1. The van der Waals surface area contributed by atoms with E-state index in [9.17, 15) is 32.7 Å². The molecule has 33 heavy (non-hydrogen) atoms. The zero-order chi connectivity index (χ0) is 23.9. The Morgan fingerprint density at radius 1 is 1.15 bits per heavy atom. The van der Waals surface area contributed by atoms with E-state index in [2.05, 4.69) is 0 Å². The van der Waals surface area contributed by atoms with Crippen molar-refractivity contribution in [1.82, 2.24) is 8.97 Å². The minimum atomic E-state index is -1.12. The predicted octanol–water partition coefficient (Wildman–Crippen LogP) is 2.79. The minimum Gasteiger partial charge on any atom is -0.491 e. The molecule has 1 N–H and O–H groups in total. The Morgan fingerprint density at radius 2 is 1.85 bits per heavy atom. The highest BCUT2D eigenvalue weighted by Gasteiger charge is 2.27. The van der Waals surface area contributed by atoms with E-state index in [1.807, 2.05) is 0 Å². The number of aromatic nitrogens is 2. The van der Waals surface area contributed by atoms with E-state index in [4.69, 9.17) is 4.74 Å². The molecule has 0 amide bonds. The van der Waals surface area contributed by atoms with Crippen LogP contribution in [0.1, 0.15) is 47.6 Å². The highest BCUT2D eigenvalue weighted by Crippen LogP contribution is 2.29. The summed E-state index contributed by atoms with van der Waals surface area (Å²) in [5.41, 5.74) is -2.14. The number of halogens is 3. The molecular weight excluding hydrogens is 441 g/mol. The van der Waals surface area contributed by atoms with Gasteiger partial charge in [-0.15, -0.1) is 0 Å². The van der Waals surface area contributed by atoms with Crippen LogP contribution >= 0.6 is 0 Å². The number of hydrogen-bond acceptors (Lipinski definition) is 5. The maximum Gasteiger partial charge on any atom is 0.279 e. The number of hydrogen-bond donors (Lipinski definition) is 1. The van der Waals surface area contributed by atoms with Gasteiger partial charge in [-0.3, -0.25) is 14.4 Å². The number of ether oxygens (including phenoxy) is 1. The number of nitrogens with zero attached hydrogens (tertiary/aromatic N) is 2. The predicted molar refractivity (Wildman–Crippen MR) is 112 cm³/mol. The van der Waals surface area contributed by atoms with E-state index in [1.54, 1.807) is 0 Å². The van der Waals surface area contributed by atoms with Gasteiger partial charge in [0.25, 0.3) is 5.56 Å². The van der Waals surface area contributed by atoms with Gasteiger partial charge in [0.2, 0.25) is 5.43 Å². The fourth-order valence-corrected chi connectivity index (χ4v) is 4.31. The molecule has 0 saturated heterocycles. The highest BCUT2D eigenvalue weighted by molar-refractivity contribution is 5.96. The molecule has 10 heteroatoms. The summed E-state index contributed by atoms with van der Waals surface area (Å²) in [6.45, 7) is 0. The number of benzene rings is 1. The third kappa shape index (κ3) is 4.18. The molecule has 0 unspecified atom stereocenters. The van der Waals surface area contributed by atoms with E-state index in [0.717, 1.165) is 0 Å². The maximum atomic E-state index is 13.9. The number of methoxy groups -OCH3 is 1. The molecule has 1 fully saturated rings. The van der Waals surface area contributed by atoms with E-state index in [1.165, 1.54) is 34.7 Å². The van der Waals surface area contributed by atoms with Crippen LogP contribution in [-0.4, -0.2) is 33.1 Å². The van der Waals surface area contributed by atoms with Crippen molar-refractivity contribution >= 4 is 11.3 Å². The normalized spacial score (nSPS) is 18.1. The molecule has 174 valence electrons. The second-order valence-corrected chi connectivity index (χ2v) is 8.06. The summed E-state index contributed by atoms with van der Waals surface area (Å²) in [6.07, 6.45) is 4.49. The first-order valence-electron chi connectivity index (χ1n) is 10.4. The van der Waals surface area contributed by atoms with Crippen molar-refractivity contribution in [2.75, 3.05) is 7.11 Å². The molecule has 2 aromatic heterocycles. The van der Waals surface area contributed by atoms with Gasteiger partial charge in [-0.2, -0.15) is 0 Å². The molecule has 0 aliphatic heterocycles. The molecule has 2 atom stereocenters. The molecule has 7 nitrogen and oxygen atoms in total. The summed E-state index contributed by atoms with van der Waals surface area (Å²) in [4.78, 5) is 38.8. The van der Waals surface area contributed by atoms with Crippen LogP contribution in [0, 0.1) is 17.5 Å². The fraction of sp³-hybridized carbons (Fsp3) is 0.348. The van der Waals surface area contributed by atoms with Crippen molar-refractivity contribution in [2.45, 2.75) is 44.2 Å². The van der Waals surface area contributed by atoms with Crippen molar-refractivity contribution in [2.24, 2.45) is 0 Å². The van der Waals surface area contributed by atoms with E-state index in [0.29, 0.717) is 31.4 Å². The summed E-state index contributed by atoms with van der Waals surface area (Å²) < 4.78 is 48.8. The lowest BCUT2D eigenvalue weighted by atomic mass is 10.0. The first kappa shape index (κ1) is 22.8. The quantitative estimate of drug-likeness (QED) is 0.569. The molecule has 1 saturated carbocycles. The molecule has 0 spiro atoms. The smallest absolute Gasteiger partial charge is 0.279 e. The number of ketones is 1. The number of fused-ring (bicyclic) bond motifs is 1. The molecule has 0 bridgehead atoms. The van der Waals surface area contributed by atoms with Gasteiger partial charge in [0.15, 0.2) is 17.0 Å². The number of aliphatic hydroxyl groups is 1. The Bertz CT molecular complexity index is 1340. The Kier molecular flexibility index (Phi) is 6.11. The second-order valence-electron chi connectivity index (χ2n) is 8.06. The van der Waals surface area contributed by atoms with Crippen molar-refractivity contribution in [1.29, 1.82) is 0 Å². The number of carbonyl (C=O) groups is 1. The van der Waals surface area contributed by atoms with Crippen molar-refractivity contribution in [3.63, 3.8) is 0 Å². The molecule has 2 heterocycles. The Hall–Kier alpha value is -3.40. The molecule has 4 rings (SSSR count). The van der Waals surface area contributed by atoms with Crippen molar-refractivity contribution in [3.8, 4) is 5.75 Å². The van der Waals surface area contributed by atoms with Gasteiger partial charge in [0, 0.05) is 48.7 Å². The minimum absolute atomic E-state index is 0.0569. The average Bonchev–Trinajstić information content (AvgIpc) is 3.19. The lowest BCUT2D eigenvalue weighted by Gasteiger charge is -2.16. The summed E-state index contributed by atoms with van der Waals surface area (Å²) in [6, 6.07) is 0.815. The number of rotatable bonds is 6. The maximum absolute atomic E-state index is 13.9. The van der Waals surface area contributed by atoms with Crippen LogP contribution in [0.4, 0.5) is 13.2 Å². The van der Waals surface area contributed by atoms with Gasteiger partial charge < -0.3 is 18.8 Å². The summed E-state index contributed by atoms with van der Waals surface area (Å²) in [5, 5.41) is 9.79. The summed E-state index contributed by atoms with van der Waals surface area (Å²) in [7, 11) is 1.20. The summed E-state index contributed by atoms with van der Waals surface area (Å²) >= 11 is 0. The van der Waals surface area contributed by atoms with E-state index < -0.39 is 52.3 Å². The monoisotopic (exact) mass is 462 g/mol. The first-order chi connectivity index (χ1) is 15.7. The lowest BCUT2D eigenvalue weighted by molar-refractivity contribution is 0.0980. The van der Waals surface area contributed by atoms with Gasteiger partial charge in [-0.1, -0.05) is 0 Å². The van der Waals surface area contributed by atoms with Crippen LogP contribution in [0.3, 0.4) is 0 Å². The number of carbonyl (C=O) groups excluding carboxylic acids is 1.